The van der Waals surface area contributed by atoms with Crippen LogP contribution in [0, 0.1) is 13.8 Å². The van der Waals surface area contributed by atoms with Crippen molar-refractivity contribution in [2.75, 3.05) is 0 Å². The van der Waals surface area contributed by atoms with E-state index in [4.69, 9.17) is 0 Å². The van der Waals surface area contributed by atoms with E-state index in [-0.39, 0.29) is 0 Å². The molecule has 0 radical (unpaired) electrons. The van der Waals surface area contributed by atoms with E-state index in [1.165, 1.54) is 6.08 Å². The quantitative estimate of drug-likeness (QED) is 0.606. The van der Waals surface area contributed by atoms with Crippen molar-refractivity contribution in [2.24, 2.45) is 0 Å². The van der Waals surface area contributed by atoms with Crippen LogP contribution in [-0.4, -0.2) is 16.6 Å². The molecule has 0 amide bonds. The van der Waals surface area contributed by atoms with Gasteiger partial charge in [-0.3, -0.25) is 9.59 Å². The smallest absolute Gasteiger partial charge is 0.235 e. The van der Waals surface area contributed by atoms with Crippen LogP contribution in [0.3, 0.4) is 0 Å². The van der Waals surface area contributed by atoms with Crippen LogP contribution in [-0.2, 0) is 4.79 Å². The molecule has 0 atom stereocenters. The lowest BCUT2D eigenvalue weighted by atomic mass is 9.98. The lowest BCUT2D eigenvalue weighted by Gasteiger charge is -2.02. The van der Waals surface area contributed by atoms with Crippen LogP contribution in [0.4, 0.5) is 0 Å². The molecule has 0 aliphatic heterocycles. The Kier molecular flexibility index (Phi) is 1.49. The molecule has 1 aliphatic rings. The molecule has 1 heterocycles. The zero-order valence-corrected chi connectivity index (χ0v) is 7.47. The summed E-state index contributed by atoms with van der Waals surface area (Å²) in [5.74, 6) is -0.839. The molecule has 1 N–H and O–H groups in total. The van der Waals surface area contributed by atoms with Gasteiger partial charge in [0.15, 0.2) is 0 Å². The zero-order valence-electron chi connectivity index (χ0n) is 7.47. The molecule has 1 aromatic rings. The van der Waals surface area contributed by atoms with E-state index in [0.29, 0.717) is 5.56 Å². The van der Waals surface area contributed by atoms with Gasteiger partial charge in [-0.1, -0.05) is 0 Å². The summed E-state index contributed by atoms with van der Waals surface area (Å²) in [6.45, 7) is 3.73. The van der Waals surface area contributed by atoms with Crippen LogP contribution in [0.1, 0.15) is 27.3 Å². The Morgan fingerprint density at radius 3 is 2.54 bits per heavy atom. The average Bonchev–Trinajstić information content (AvgIpc) is 2.37. The summed E-state index contributed by atoms with van der Waals surface area (Å²) in [4.78, 5) is 25.6. The minimum Gasteiger partial charge on any atom is -0.358 e. The summed E-state index contributed by atoms with van der Waals surface area (Å²) in [6.07, 6.45) is 2.96. The number of H-pyrrole nitrogens is 1. The maximum atomic E-state index is 11.4. The highest BCUT2D eigenvalue weighted by molar-refractivity contribution is 6.50. The van der Waals surface area contributed by atoms with E-state index in [1.807, 2.05) is 13.8 Å². The summed E-state index contributed by atoms with van der Waals surface area (Å²) in [5.41, 5.74) is 3.10. The minimum atomic E-state index is -0.436. The number of hydrogen-bond donors (Lipinski definition) is 1. The van der Waals surface area contributed by atoms with Gasteiger partial charge in [-0.2, -0.15) is 0 Å². The highest BCUT2D eigenvalue weighted by Crippen LogP contribution is 2.22. The number of carbonyl (C=O) groups excluding carboxylic acids is 2. The molecule has 1 aromatic heterocycles. The second kappa shape index (κ2) is 2.42. The topological polar surface area (TPSA) is 49.9 Å². The molecule has 0 fully saturated rings. The Balaban J connectivity index is 2.73. The fraction of sp³-hybridized carbons (Fsp3) is 0.200. The molecular weight excluding hydrogens is 166 g/mol. The van der Waals surface area contributed by atoms with Gasteiger partial charge in [0.25, 0.3) is 0 Å². The van der Waals surface area contributed by atoms with Gasteiger partial charge < -0.3 is 4.98 Å². The SMILES string of the molecule is Cc1[nH]c2c(c1C)C(=O)C(=O)C=C2. The number of fused-ring (bicyclic) bond motifs is 1. The third kappa shape index (κ3) is 0.967. The summed E-state index contributed by atoms with van der Waals surface area (Å²) < 4.78 is 0. The number of hydrogen-bond acceptors (Lipinski definition) is 2. The molecule has 0 saturated heterocycles. The molecule has 0 bridgehead atoms. The van der Waals surface area contributed by atoms with Crippen molar-refractivity contribution in [2.45, 2.75) is 13.8 Å². The molecule has 1 aliphatic carbocycles. The predicted octanol–water partition coefficient (Wildman–Crippen LogP) is 1.41. The fourth-order valence-corrected chi connectivity index (χ4v) is 1.52. The highest BCUT2D eigenvalue weighted by Gasteiger charge is 2.25. The average molecular weight is 175 g/mol. The van der Waals surface area contributed by atoms with Crippen LogP contribution >= 0.6 is 0 Å². The number of allylic oxidation sites excluding steroid dienone is 1. The van der Waals surface area contributed by atoms with Gasteiger partial charge in [0.1, 0.15) is 0 Å². The van der Waals surface area contributed by atoms with E-state index < -0.39 is 11.6 Å². The summed E-state index contributed by atoms with van der Waals surface area (Å²) in [7, 11) is 0. The van der Waals surface area contributed by atoms with Crippen molar-refractivity contribution < 1.29 is 9.59 Å². The van der Waals surface area contributed by atoms with Crippen molar-refractivity contribution in [3.63, 3.8) is 0 Å². The molecule has 0 unspecified atom stereocenters. The van der Waals surface area contributed by atoms with Crippen LogP contribution in [0.25, 0.3) is 6.08 Å². The zero-order chi connectivity index (χ0) is 9.59. The summed E-state index contributed by atoms with van der Waals surface area (Å²) >= 11 is 0. The molecule has 3 heteroatoms. The lowest BCUT2D eigenvalue weighted by Crippen LogP contribution is -2.15. The van der Waals surface area contributed by atoms with Crippen molar-refractivity contribution in [1.29, 1.82) is 0 Å². The van der Waals surface area contributed by atoms with E-state index in [1.54, 1.807) is 6.08 Å². The largest absolute Gasteiger partial charge is 0.358 e. The molecule has 0 saturated carbocycles. The first kappa shape index (κ1) is 7.98. The highest BCUT2D eigenvalue weighted by atomic mass is 16.2. The molecule has 0 spiro atoms. The number of nitrogens with one attached hydrogen (secondary N) is 1. The monoisotopic (exact) mass is 175 g/mol. The Morgan fingerprint density at radius 2 is 1.85 bits per heavy atom. The number of aromatic nitrogens is 1. The number of ketones is 2. The number of aryl methyl sites for hydroxylation is 1. The van der Waals surface area contributed by atoms with Gasteiger partial charge in [0.05, 0.1) is 11.3 Å². The third-order valence-electron chi connectivity index (χ3n) is 2.38. The normalized spacial score (nSPS) is 14.9. The van der Waals surface area contributed by atoms with Gasteiger partial charge >= 0.3 is 0 Å². The standard InChI is InChI=1S/C10H9NO2/c1-5-6(2)11-7-3-4-8(12)10(13)9(5)7/h3-4,11H,1-2H3. The van der Waals surface area contributed by atoms with Crippen LogP contribution in [0.15, 0.2) is 6.08 Å². The first-order chi connectivity index (χ1) is 6.11. The van der Waals surface area contributed by atoms with Gasteiger partial charge in [-0.15, -0.1) is 0 Å². The Bertz CT molecular complexity index is 438. The fourth-order valence-electron chi connectivity index (χ4n) is 1.52. The third-order valence-corrected chi connectivity index (χ3v) is 2.38. The second-order valence-corrected chi connectivity index (χ2v) is 3.19. The van der Waals surface area contributed by atoms with Crippen molar-refractivity contribution in [3.05, 3.63) is 28.6 Å². The molecule has 66 valence electrons. The first-order valence-corrected chi connectivity index (χ1v) is 4.07. The van der Waals surface area contributed by atoms with E-state index >= 15 is 0 Å². The van der Waals surface area contributed by atoms with E-state index in [2.05, 4.69) is 4.98 Å². The number of carbonyl (C=O) groups is 2. The van der Waals surface area contributed by atoms with Gasteiger partial charge in [-0.05, 0) is 31.6 Å². The number of rotatable bonds is 0. The molecular formula is C10H9NO2. The Hall–Kier alpha value is -1.64. The van der Waals surface area contributed by atoms with Gasteiger partial charge in [0.2, 0.25) is 11.6 Å². The van der Waals surface area contributed by atoms with Crippen molar-refractivity contribution >= 4 is 17.6 Å². The Labute approximate surface area is 75.5 Å². The van der Waals surface area contributed by atoms with Crippen LogP contribution in [0.2, 0.25) is 0 Å². The lowest BCUT2D eigenvalue weighted by molar-refractivity contribution is -0.110. The van der Waals surface area contributed by atoms with Gasteiger partial charge in [-0.25, -0.2) is 0 Å². The maximum Gasteiger partial charge on any atom is 0.235 e. The molecule has 13 heavy (non-hydrogen) atoms. The Morgan fingerprint density at radius 1 is 1.15 bits per heavy atom. The van der Waals surface area contributed by atoms with E-state index in [0.717, 1.165) is 17.0 Å². The number of aromatic amines is 1. The van der Waals surface area contributed by atoms with Crippen molar-refractivity contribution in [3.8, 4) is 0 Å². The minimum absolute atomic E-state index is 0.403. The van der Waals surface area contributed by atoms with E-state index in [9.17, 15) is 9.59 Å². The van der Waals surface area contributed by atoms with Gasteiger partial charge in [0, 0.05) is 5.69 Å². The molecule has 2 rings (SSSR count). The summed E-state index contributed by atoms with van der Waals surface area (Å²) in [5, 5.41) is 0. The number of Topliss-reactive ketones (excluding diaryl/α,β-unsaturated/α-hetero) is 1. The predicted molar refractivity (Wildman–Crippen MR) is 48.6 cm³/mol. The van der Waals surface area contributed by atoms with Crippen LogP contribution in [0.5, 0.6) is 0 Å². The van der Waals surface area contributed by atoms with Crippen molar-refractivity contribution in [1.82, 2.24) is 4.98 Å². The summed E-state index contributed by atoms with van der Waals surface area (Å²) in [6, 6.07) is 0. The molecule has 0 aromatic carbocycles. The first-order valence-electron chi connectivity index (χ1n) is 4.07. The molecule has 3 nitrogen and oxygen atoms in total. The van der Waals surface area contributed by atoms with Crippen LogP contribution < -0.4 is 0 Å². The maximum absolute atomic E-state index is 11.4. The second-order valence-electron chi connectivity index (χ2n) is 3.19.